The maximum Gasteiger partial charge on any atom is 0.302 e. The second-order valence-electron chi connectivity index (χ2n) is 4.74. The lowest BCUT2D eigenvalue weighted by atomic mass is 9.85. The SMILES string of the molecule is CC(=O)OCC1O[C@@H](SC(=N)N)C(C)[C@H](N=[N+]=[N-])C1C. The lowest BCUT2D eigenvalue weighted by Gasteiger charge is -2.42. The summed E-state index contributed by atoms with van der Waals surface area (Å²) in [4.78, 5) is 13.8. The molecule has 8 nitrogen and oxygen atoms in total. The number of hydrogen-bond donors (Lipinski definition) is 2. The molecule has 0 aromatic rings. The van der Waals surface area contributed by atoms with E-state index < -0.39 is 11.4 Å². The molecule has 0 aliphatic carbocycles. The Bertz CT molecular complexity index is 426. The van der Waals surface area contributed by atoms with E-state index in [4.69, 9.17) is 26.1 Å². The first-order chi connectivity index (χ1) is 9.36. The highest BCUT2D eigenvalue weighted by Crippen LogP contribution is 2.37. The molecule has 1 aliphatic heterocycles. The van der Waals surface area contributed by atoms with Crippen LogP contribution >= 0.6 is 11.8 Å². The van der Waals surface area contributed by atoms with Gasteiger partial charge in [-0.1, -0.05) is 30.7 Å². The number of amidine groups is 1. The standard InChI is InChI=1S/C11H19N5O3S/c1-5-8(4-18-7(3)17)19-10(20-11(12)13)6(2)9(5)15-16-14/h5-6,8-10H,4H2,1-3H3,(H3,12,13)/t5?,6?,8?,9-,10+/m1/s1. The van der Waals surface area contributed by atoms with Gasteiger partial charge < -0.3 is 15.2 Å². The summed E-state index contributed by atoms with van der Waals surface area (Å²) >= 11 is 1.07. The highest BCUT2D eigenvalue weighted by atomic mass is 32.2. The van der Waals surface area contributed by atoms with Crippen molar-refractivity contribution < 1.29 is 14.3 Å². The summed E-state index contributed by atoms with van der Waals surface area (Å²) in [6.07, 6.45) is -0.387. The molecule has 0 aromatic carbocycles. The number of ether oxygens (including phenoxy) is 2. The number of carbonyl (C=O) groups is 1. The molecule has 0 amide bonds. The number of nitrogens with two attached hydrogens (primary N) is 1. The van der Waals surface area contributed by atoms with Gasteiger partial charge in [0, 0.05) is 23.8 Å². The van der Waals surface area contributed by atoms with Gasteiger partial charge in [-0.15, -0.1) is 0 Å². The van der Waals surface area contributed by atoms with Crippen molar-refractivity contribution >= 4 is 22.9 Å². The number of carbonyl (C=O) groups excluding carboxylic acids is 1. The van der Waals surface area contributed by atoms with E-state index >= 15 is 0 Å². The van der Waals surface area contributed by atoms with Crippen LogP contribution in [0.3, 0.4) is 0 Å². The Hall–Kier alpha value is -1.44. The Morgan fingerprint density at radius 3 is 2.70 bits per heavy atom. The molecule has 9 heteroatoms. The van der Waals surface area contributed by atoms with Crippen molar-refractivity contribution in [3.63, 3.8) is 0 Å². The molecule has 112 valence electrons. The molecule has 5 atom stereocenters. The molecular formula is C11H19N5O3S. The Morgan fingerprint density at radius 2 is 2.20 bits per heavy atom. The molecule has 1 saturated heterocycles. The fourth-order valence-corrected chi connectivity index (χ4v) is 3.02. The van der Waals surface area contributed by atoms with Gasteiger partial charge >= 0.3 is 5.97 Å². The maximum atomic E-state index is 10.9. The maximum absolute atomic E-state index is 10.9. The predicted molar refractivity (Wildman–Crippen MR) is 76.1 cm³/mol. The minimum absolute atomic E-state index is 0.0673. The van der Waals surface area contributed by atoms with E-state index in [9.17, 15) is 4.79 Å². The van der Waals surface area contributed by atoms with Gasteiger partial charge in [-0.2, -0.15) is 0 Å². The third-order valence-electron chi connectivity index (χ3n) is 3.28. The van der Waals surface area contributed by atoms with Crippen LogP contribution in [-0.4, -0.2) is 35.3 Å². The highest BCUT2D eigenvalue weighted by molar-refractivity contribution is 8.14. The number of hydrogen-bond acceptors (Lipinski definition) is 6. The smallest absolute Gasteiger partial charge is 0.302 e. The number of nitrogens with one attached hydrogen (secondary N) is 1. The van der Waals surface area contributed by atoms with Crippen LogP contribution in [0.5, 0.6) is 0 Å². The van der Waals surface area contributed by atoms with Crippen molar-refractivity contribution in [3.8, 4) is 0 Å². The Balaban J connectivity index is 2.87. The normalized spacial score (nSPS) is 33.0. The van der Waals surface area contributed by atoms with Gasteiger partial charge in [-0.3, -0.25) is 10.2 Å². The third-order valence-corrected chi connectivity index (χ3v) is 4.31. The zero-order chi connectivity index (χ0) is 15.3. The number of nitrogens with zero attached hydrogens (tertiary/aromatic N) is 3. The van der Waals surface area contributed by atoms with Gasteiger partial charge in [0.25, 0.3) is 0 Å². The van der Waals surface area contributed by atoms with Crippen LogP contribution in [-0.2, 0) is 14.3 Å². The van der Waals surface area contributed by atoms with Crippen LogP contribution in [0.1, 0.15) is 20.8 Å². The van der Waals surface area contributed by atoms with E-state index in [0.717, 1.165) is 11.8 Å². The summed E-state index contributed by atoms with van der Waals surface area (Å²) in [5, 5.41) is 11.1. The van der Waals surface area contributed by atoms with Gasteiger partial charge in [0.05, 0.1) is 6.10 Å². The van der Waals surface area contributed by atoms with E-state index in [1.807, 2.05) is 13.8 Å². The first-order valence-corrected chi connectivity index (χ1v) is 7.08. The number of esters is 1. The molecule has 1 rings (SSSR count). The molecule has 0 aromatic heterocycles. The first kappa shape index (κ1) is 16.6. The number of azide groups is 1. The molecule has 0 radical (unpaired) electrons. The first-order valence-electron chi connectivity index (χ1n) is 6.20. The fraction of sp³-hybridized carbons (Fsp3) is 0.818. The molecule has 1 heterocycles. The number of thioether (sulfide) groups is 1. The molecule has 3 N–H and O–H groups in total. The van der Waals surface area contributed by atoms with Crippen molar-refractivity contribution in [2.75, 3.05) is 6.61 Å². The van der Waals surface area contributed by atoms with Crippen LogP contribution in [0.25, 0.3) is 10.4 Å². The minimum Gasteiger partial charge on any atom is -0.463 e. The summed E-state index contributed by atoms with van der Waals surface area (Å²) in [5.41, 5.74) is 13.7. The second kappa shape index (κ2) is 7.37. The van der Waals surface area contributed by atoms with E-state index in [-0.39, 0.29) is 35.8 Å². The average molecular weight is 301 g/mol. The van der Waals surface area contributed by atoms with Crippen molar-refractivity contribution in [1.29, 1.82) is 5.41 Å². The number of rotatable bonds is 4. The summed E-state index contributed by atoms with van der Waals surface area (Å²) in [6.45, 7) is 5.19. The fourth-order valence-electron chi connectivity index (χ4n) is 2.20. The zero-order valence-corrected chi connectivity index (χ0v) is 12.5. The van der Waals surface area contributed by atoms with E-state index in [1.165, 1.54) is 6.92 Å². The third kappa shape index (κ3) is 4.29. The lowest BCUT2D eigenvalue weighted by Crippen LogP contribution is -2.49. The van der Waals surface area contributed by atoms with Crippen LogP contribution < -0.4 is 5.73 Å². The minimum atomic E-state index is -0.403. The van der Waals surface area contributed by atoms with Crippen molar-refractivity contribution in [2.24, 2.45) is 22.7 Å². The quantitative estimate of drug-likeness (QED) is 0.204. The molecular weight excluding hydrogens is 282 g/mol. The summed E-state index contributed by atoms with van der Waals surface area (Å²) < 4.78 is 10.8. The molecule has 0 spiro atoms. The van der Waals surface area contributed by atoms with Crippen LogP contribution in [0.4, 0.5) is 0 Å². The predicted octanol–water partition coefficient (Wildman–Crippen LogP) is 1.85. The van der Waals surface area contributed by atoms with Crippen molar-refractivity contribution in [2.45, 2.75) is 38.4 Å². The van der Waals surface area contributed by atoms with Crippen molar-refractivity contribution in [3.05, 3.63) is 10.4 Å². The summed E-state index contributed by atoms with van der Waals surface area (Å²) in [7, 11) is 0. The molecule has 0 saturated carbocycles. The lowest BCUT2D eigenvalue weighted by molar-refractivity contribution is -0.153. The molecule has 1 aliphatic rings. The van der Waals surface area contributed by atoms with E-state index in [1.54, 1.807) is 0 Å². The topological polar surface area (TPSA) is 134 Å². The molecule has 20 heavy (non-hydrogen) atoms. The van der Waals surface area contributed by atoms with Gasteiger partial charge in [-0.25, -0.2) is 0 Å². The Kier molecular flexibility index (Phi) is 6.12. The summed E-state index contributed by atoms with van der Waals surface area (Å²) in [6, 6.07) is -0.300. The van der Waals surface area contributed by atoms with Gasteiger partial charge in [0.2, 0.25) is 0 Å². The summed E-state index contributed by atoms with van der Waals surface area (Å²) in [5.74, 6) is -0.581. The van der Waals surface area contributed by atoms with Crippen LogP contribution in [0, 0.1) is 17.2 Å². The van der Waals surface area contributed by atoms with Crippen LogP contribution in [0.2, 0.25) is 0 Å². The van der Waals surface area contributed by atoms with Gasteiger partial charge in [0.15, 0.2) is 5.17 Å². The average Bonchev–Trinajstić information content (AvgIpc) is 2.35. The highest BCUT2D eigenvalue weighted by Gasteiger charge is 2.42. The van der Waals surface area contributed by atoms with E-state index in [0.29, 0.717) is 0 Å². The largest absolute Gasteiger partial charge is 0.463 e. The van der Waals surface area contributed by atoms with Crippen molar-refractivity contribution in [1.82, 2.24) is 0 Å². The van der Waals surface area contributed by atoms with E-state index in [2.05, 4.69) is 10.0 Å². The second-order valence-corrected chi connectivity index (χ2v) is 5.88. The zero-order valence-electron chi connectivity index (χ0n) is 11.6. The Labute approximate surface area is 121 Å². The Morgan fingerprint density at radius 1 is 1.55 bits per heavy atom. The van der Waals surface area contributed by atoms with Gasteiger partial charge in [-0.05, 0) is 11.4 Å². The van der Waals surface area contributed by atoms with Gasteiger partial charge in [0.1, 0.15) is 12.0 Å². The van der Waals surface area contributed by atoms with Crippen LogP contribution in [0.15, 0.2) is 5.11 Å². The molecule has 0 bridgehead atoms. The molecule has 1 fully saturated rings. The monoisotopic (exact) mass is 301 g/mol. The molecule has 3 unspecified atom stereocenters.